The zero-order valence-corrected chi connectivity index (χ0v) is 20.4. The monoisotopic (exact) mass is 528 g/mol. The molecule has 1 aliphatic rings. The average Bonchev–Trinajstić information content (AvgIpc) is 3.45. The highest BCUT2D eigenvalue weighted by atomic mass is 32.1. The molecule has 192 valence electrons. The second kappa shape index (κ2) is 11.0. The zero-order valence-electron chi connectivity index (χ0n) is 19.6. The van der Waals surface area contributed by atoms with Crippen molar-refractivity contribution >= 4 is 40.5 Å². The van der Waals surface area contributed by atoms with Gasteiger partial charge in [0.05, 0.1) is 19.6 Å². The Hall–Kier alpha value is -4.52. The predicted molar refractivity (Wildman–Crippen MR) is 129 cm³/mol. The maximum atomic E-state index is 14.3. The molecule has 13 heteroatoms. The van der Waals surface area contributed by atoms with Gasteiger partial charge in [-0.25, -0.2) is 18.9 Å². The molecule has 0 unspecified atom stereocenters. The number of methoxy groups -OCH3 is 2. The Kier molecular flexibility index (Phi) is 7.63. The Balaban J connectivity index is 1.59. The van der Waals surface area contributed by atoms with Crippen molar-refractivity contribution in [3.05, 3.63) is 70.9 Å². The van der Waals surface area contributed by atoms with E-state index in [1.54, 1.807) is 30.3 Å². The quantitative estimate of drug-likeness (QED) is 0.336. The van der Waals surface area contributed by atoms with Crippen LogP contribution in [0.25, 0.3) is 0 Å². The molecule has 1 aliphatic heterocycles. The largest absolute Gasteiger partial charge is 0.514 e. The number of aromatic nitrogens is 1. The fraction of sp³-hybridized carbons (Fsp3) is 0.208. The number of imide groups is 1. The smallest absolute Gasteiger partial charge is 0.494 e. The summed E-state index contributed by atoms with van der Waals surface area (Å²) in [7, 11) is 2.44. The Morgan fingerprint density at radius 2 is 1.95 bits per heavy atom. The number of nitrogens with zero attached hydrogens (tertiary/aromatic N) is 2. The van der Waals surface area contributed by atoms with E-state index >= 15 is 0 Å². The van der Waals surface area contributed by atoms with E-state index < -0.39 is 41.9 Å². The highest BCUT2D eigenvalue weighted by Crippen LogP contribution is 2.29. The number of carbonyl (C=O) groups is 4. The maximum absolute atomic E-state index is 14.3. The molecule has 0 saturated carbocycles. The minimum Gasteiger partial charge on any atom is -0.494 e. The minimum atomic E-state index is -1.27. The number of rotatable bonds is 8. The molecule has 2 N–H and O–H groups in total. The molecule has 2 aromatic carbocycles. The molecule has 0 bridgehead atoms. The summed E-state index contributed by atoms with van der Waals surface area (Å²) in [6.45, 7) is 0. The van der Waals surface area contributed by atoms with Crippen molar-refractivity contribution in [1.29, 1.82) is 0 Å². The summed E-state index contributed by atoms with van der Waals surface area (Å²) in [5, 5.41) is 6.52. The molecule has 0 spiro atoms. The number of urea groups is 1. The SMILES string of the molecule is COC(=O)Oc1csc(NC(=O)[C@H](Cc2ccccc2)N2C(=O)N[C@@H](c3ccc(OC)c(F)c3)C2=O)n1. The van der Waals surface area contributed by atoms with Crippen molar-refractivity contribution in [2.45, 2.75) is 18.5 Å². The lowest BCUT2D eigenvalue weighted by Crippen LogP contribution is -2.49. The van der Waals surface area contributed by atoms with E-state index in [0.29, 0.717) is 5.56 Å². The highest BCUT2D eigenvalue weighted by molar-refractivity contribution is 7.14. The fourth-order valence-corrected chi connectivity index (χ4v) is 4.31. The van der Waals surface area contributed by atoms with Crippen molar-refractivity contribution < 1.29 is 37.8 Å². The number of benzene rings is 2. The molecule has 37 heavy (non-hydrogen) atoms. The molecule has 0 aliphatic carbocycles. The Labute approximate surface area is 214 Å². The van der Waals surface area contributed by atoms with Crippen molar-refractivity contribution in [3.63, 3.8) is 0 Å². The van der Waals surface area contributed by atoms with Crippen LogP contribution in [0.15, 0.2) is 53.9 Å². The zero-order chi connectivity index (χ0) is 26.5. The third-order valence-corrected chi connectivity index (χ3v) is 6.17. The first-order chi connectivity index (χ1) is 17.8. The van der Waals surface area contributed by atoms with Crippen LogP contribution in [0.4, 0.5) is 19.1 Å². The predicted octanol–water partition coefficient (Wildman–Crippen LogP) is 3.28. The first kappa shape index (κ1) is 25.6. The number of nitrogens with one attached hydrogen (secondary N) is 2. The Morgan fingerprint density at radius 1 is 1.19 bits per heavy atom. The number of thiazole rings is 1. The Bertz CT molecular complexity index is 1330. The summed E-state index contributed by atoms with van der Waals surface area (Å²) in [5.41, 5.74) is 0.888. The maximum Gasteiger partial charge on any atom is 0.514 e. The lowest BCUT2D eigenvalue weighted by Gasteiger charge is -2.24. The van der Waals surface area contributed by atoms with Crippen molar-refractivity contribution in [1.82, 2.24) is 15.2 Å². The van der Waals surface area contributed by atoms with Crippen LogP contribution in [-0.4, -0.2) is 54.1 Å². The van der Waals surface area contributed by atoms with E-state index in [-0.39, 0.29) is 28.7 Å². The average molecular weight is 529 g/mol. The summed E-state index contributed by atoms with van der Waals surface area (Å²) >= 11 is 0.967. The van der Waals surface area contributed by atoms with E-state index in [0.717, 1.165) is 29.4 Å². The number of hydrogen-bond donors (Lipinski definition) is 2. The van der Waals surface area contributed by atoms with Gasteiger partial charge in [-0.3, -0.25) is 9.59 Å². The summed E-state index contributed by atoms with van der Waals surface area (Å²) < 4.78 is 28.4. The van der Waals surface area contributed by atoms with Crippen LogP contribution in [0.5, 0.6) is 11.6 Å². The molecule has 2 atom stereocenters. The molecule has 0 radical (unpaired) electrons. The van der Waals surface area contributed by atoms with Gasteiger partial charge in [0.15, 0.2) is 16.7 Å². The van der Waals surface area contributed by atoms with Crippen molar-refractivity contribution in [3.8, 4) is 11.6 Å². The molecule has 4 rings (SSSR count). The van der Waals surface area contributed by atoms with Crippen LogP contribution >= 0.6 is 11.3 Å². The summed E-state index contributed by atoms with van der Waals surface area (Å²) in [5.74, 6) is -2.23. The number of ether oxygens (including phenoxy) is 3. The summed E-state index contributed by atoms with van der Waals surface area (Å²) in [6, 6.07) is 9.44. The molecule has 2 heterocycles. The minimum absolute atomic E-state index is 0.00637. The van der Waals surface area contributed by atoms with Crippen molar-refractivity contribution in [2.24, 2.45) is 0 Å². The fourth-order valence-electron chi connectivity index (χ4n) is 3.69. The van der Waals surface area contributed by atoms with Gasteiger partial charge < -0.3 is 24.8 Å². The van der Waals surface area contributed by atoms with Gasteiger partial charge in [-0.2, -0.15) is 4.98 Å². The lowest BCUT2D eigenvalue weighted by molar-refractivity contribution is -0.134. The third kappa shape index (κ3) is 5.67. The number of carbonyl (C=O) groups excluding carboxylic acids is 4. The van der Waals surface area contributed by atoms with Crippen LogP contribution in [0.3, 0.4) is 0 Å². The van der Waals surface area contributed by atoms with Gasteiger partial charge in [0.1, 0.15) is 12.1 Å². The molecular weight excluding hydrogens is 507 g/mol. The first-order valence-electron chi connectivity index (χ1n) is 10.8. The van der Waals surface area contributed by atoms with E-state index in [1.165, 1.54) is 24.6 Å². The number of amides is 4. The van der Waals surface area contributed by atoms with E-state index in [9.17, 15) is 23.6 Å². The van der Waals surface area contributed by atoms with Gasteiger partial charge in [0.2, 0.25) is 11.8 Å². The number of anilines is 1. The highest BCUT2D eigenvalue weighted by Gasteiger charge is 2.45. The standard InChI is InChI=1S/C24H21FN4O7S/c1-34-17-9-8-14(11-15(17)25)19-21(31)29(23(32)27-19)16(10-13-6-4-3-5-7-13)20(30)28-22-26-18(12-37-22)36-24(33)35-2/h3-9,11-12,16,19H,10H2,1-2H3,(H,27,32)(H,26,28,30)/t16-,19-/m0/s1. The van der Waals surface area contributed by atoms with Crippen LogP contribution in [0.1, 0.15) is 17.2 Å². The van der Waals surface area contributed by atoms with Crippen LogP contribution in [0.2, 0.25) is 0 Å². The number of halogens is 1. The summed E-state index contributed by atoms with van der Waals surface area (Å²) in [4.78, 5) is 55.7. The van der Waals surface area contributed by atoms with E-state index in [4.69, 9.17) is 9.47 Å². The van der Waals surface area contributed by atoms with Crippen LogP contribution in [0, 0.1) is 5.82 Å². The molecular formula is C24H21FN4O7S. The van der Waals surface area contributed by atoms with Gasteiger partial charge in [-0.05, 0) is 23.3 Å². The second-order valence-corrected chi connectivity index (χ2v) is 8.58. The first-order valence-corrected chi connectivity index (χ1v) is 11.7. The van der Waals surface area contributed by atoms with Crippen molar-refractivity contribution in [2.75, 3.05) is 19.5 Å². The molecule has 4 amide bonds. The van der Waals surface area contributed by atoms with Crippen LogP contribution in [-0.2, 0) is 20.7 Å². The summed E-state index contributed by atoms with van der Waals surface area (Å²) in [6.07, 6.45) is -0.975. The van der Waals surface area contributed by atoms with Gasteiger partial charge >= 0.3 is 12.2 Å². The number of hydrogen-bond acceptors (Lipinski definition) is 9. The Morgan fingerprint density at radius 3 is 2.62 bits per heavy atom. The van der Waals surface area contributed by atoms with Gasteiger partial charge in [-0.1, -0.05) is 36.4 Å². The molecule has 11 nitrogen and oxygen atoms in total. The normalized spacial score (nSPS) is 15.6. The molecule has 1 fully saturated rings. The third-order valence-electron chi connectivity index (χ3n) is 5.43. The second-order valence-electron chi connectivity index (χ2n) is 7.73. The van der Waals surface area contributed by atoms with Crippen LogP contribution < -0.4 is 20.1 Å². The molecule has 1 saturated heterocycles. The van der Waals surface area contributed by atoms with Gasteiger partial charge in [0.25, 0.3) is 5.91 Å². The molecule has 3 aromatic rings. The van der Waals surface area contributed by atoms with E-state index in [1.807, 2.05) is 0 Å². The van der Waals surface area contributed by atoms with Gasteiger partial charge in [-0.15, -0.1) is 11.3 Å². The van der Waals surface area contributed by atoms with E-state index in [2.05, 4.69) is 20.4 Å². The lowest BCUT2D eigenvalue weighted by atomic mass is 10.0. The molecule has 1 aromatic heterocycles. The topological polar surface area (TPSA) is 136 Å². The van der Waals surface area contributed by atoms with Gasteiger partial charge in [0, 0.05) is 6.42 Å².